The molecule has 4 nitrogen and oxygen atoms in total. The number of rotatable bonds is 9. The first-order chi connectivity index (χ1) is 7.72. The van der Waals surface area contributed by atoms with Crippen LogP contribution in [-0.2, 0) is 9.47 Å². The Morgan fingerprint density at radius 2 is 1.94 bits per heavy atom. The quantitative estimate of drug-likeness (QED) is 0.601. The van der Waals surface area contributed by atoms with Gasteiger partial charge in [0.05, 0.1) is 6.04 Å². The molecule has 1 saturated carbocycles. The van der Waals surface area contributed by atoms with Gasteiger partial charge < -0.3 is 14.8 Å². The minimum absolute atomic E-state index is 0.156. The van der Waals surface area contributed by atoms with Gasteiger partial charge in [-0.05, 0) is 26.3 Å². The van der Waals surface area contributed by atoms with E-state index < -0.39 is 0 Å². The molecule has 1 aliphatic carbocycles. The normalized spacial score (nSPS) is 18.4. The summed E-state index contributed by atoms with van der Waals surface area (Å²) in [5.41, 5.74) is 0. The van der Waals surface area contributed by atoms with Gasteiger partial charge in [-0.25, -0.2) is 0 Å². The van der Waals surface area contributed by atoms with Crippen molar-refractivity contribution in [3.05, 3.63) is 0 Å². The van der Waals surface area contributed by atoms with Crippen LogP contribution in [0.3, 0.4) is 0 Å². The van der Waals surface area contributed by atoms with Crippen LogP contribution in [0.5, 0.6) is 0 Å². The third kappa shape index (κ3) is 4.37. The van der Waals surface area contributed by atoms with E-state index in [4.69, 9.17) is 9.47 Å². The van der Waals surface area contributed by atoms with Gasteiger partial charge in [0.25, 0.3) is 0 Å². The summed E-state index contributed by atoms with van der Waals surface area (Å²) in [6.45, 7) is 7.58. The fourth-order valence-electron chi connectivity index (χ4n) is 2.08. The Kier molecular flexibility index (Phi) is 6.28. The molecule has 0 amide bonds. The van der Waals surface area contributed by atoms with E-state index in [1.54, 1.807) is 14.2 Å². The topological polar surface area (TPSA) is 33.7 Å². The highest BCUT2D eigenvalue weighted by molar-refractivity contribution is 4.84. The van der Waals surface area contributed by atoms with Crippen LogP contribution in [0.2, 0.25) is 0 Å². The molecule has 1 rings (SSSR count). The van der Waals surface area contributed by atoms with Gasteiger partial charge in [0.15, 0.2) is 6.29 Å². The fraction of sp³-hybridized carbons (Fsp3) is 1.00. The van der Waals surface area contributed by atoms with Crippen LogP contribution >= 0.6 is 0 Å². The molecule has 96 valence electrons. The first-order valence-corrected chi connectivity index (χ1v) is 6.26. The third-order valence-corrected chi connectivity index (χ3v) is 3.21. The summed E-state index contributed by atoms with van der Waals surface area (Å²) >= 11 is 0. The van der Waals surface area contributed by atoms with Gasteiger partial charge in [-0.1, -0.05) is 6.92 Å². The molecule has 1 N–H and O–H groups in total. The maximum absolute atomic E-state index is 5.21. The van der Waals surface area contributed by atoms with Gasteiger partial charge in [0, 0.05) is 33.4 Å². The van der Waals surface area contributed by atoms with Crippen molar-refractivity contribution in [2.45, 2.75) is 45.1 Å². The van der Waals surface area contributed by atoms with Gasteiger partial charge in [0.2, 0.25) is 0 Å². The van der Waals surface area contributed by atoms with Crippen molar-refractivity contribution in [2.24, 2.45) is 0 Å². The van der Waals surface area contributed by atoms with Crippen LogP contribution in [0.25, 0.3) is 0 Å². The molecule has 1 unspecified atom stereocenters. The van der Waals surface area contributed by atoms with Crippen LogP contribution < -0.4 is 5.32 Å². The second kappa shape index (κ2) is 7.22. The minimum atomic E-state index is -0.156. The van der Waals surface area contributed by atoms with Crippen LogP contribution in [0.4, 0.5) is 0 Å². The number of hydrogen-bond acceptors (Lipinski definition) is 4. The predicted molar refractivity (Wildman–Crippen MR) is 65.5 cm³/mol. The van der Waals surface area contributed by atoms with Crippen molar-refractivity contribution in [3.63, 3.8) is 0 Å². The number of nitrogens with zero attached hydrogens (tertiary/aromatic N) is 1. The zero-order valence-electron chi connectivity index (χ0n) is 11.0. The van der Waals surface area contributed by atoms with Gasteiger partial charge >= 0.3 is 0 Å². The predicted octanol–water partition coefficient (Wildman–Crippen LogP) is 1.07. The second-order valence-corrected chi connectivity index (χ2v) is 4.44. The molecular weight excluding hydrogens is 204 g/mol. The summed E-state index contributed by atoms with van der Waals surface area (Å²) in [5.74, 6) is 0. The fourth-order valence-corrected chi connectivity index (χ4v) is 2.08. The van der Waals surface area contributed by atoms with Crippen LogP contribution in [0.1, 0.15) is 26.7 Å². The Balaban J connectivity index is 2.13. The van der Waals surface area contributed by atoms with E-state index in [2.05, 4.69) is 24.1 Å². The maximum Gasteiger partial charge on any atom is 0.171 e. The van der Waals surface area contributed by atoms with Crippen LogP contribution in [0, 0.1) is 0 Å². The first kappa shape index (κ1) is 13.9. The molecule has 0 saturated heterocycles. The lowest BCUT2D eigenvalue weighted by molar-refractivity contribution is -0.119. The molecule has 1 fully saturated rings. The van der Waals surface area contributed by atoms with Crippen molar-refractivity contribution < 1.29 is 9.47 Å². The summed E-state index contributed by atoms with van der Waals surface area (Å²) < 4.78 is 10.4. The molecule has 0 aromatic carbocycles. The Hall–Kier alpha value is -0.160. The molecule has 0 aromatic heterocycles. The highest BCUT2D eigenvalue weighted by Crippen LogP contribution is 2.25. The van der Waals surface area contributed by atoms with Crippen molar-refractivity contribution >= 4 is 0 Å². The minimum Gasteiger partial charge on any atom is -0.354 e. The number of ether oxygens (including phenoxy) is 2. The number of nitrogens with one attached hydrogen (secondary N) is 1. The third-order valence-electron chi connectivity index (χ3n) is 3.21. The average molecular weight is 230 g/mol. The lowest BCUT2D eigenvalue weighted by Crippen LogP contribution is -2.43. The van der Waals surface area contributed by atoms with Crippen molar-refractivity contribution in [2.75, 3.05) is 33.9 Å². The average Bonchev–Trinajstić information content (AvgIpc) is 3.10. The van der Waals surface area contributed by atoms with Gasteiger partial charge in [0.1, 0.15) is 0 Å². The highest BCUT2D eigenvalue weighted by Gasteiger charge is 2.27. The van der Waals surface area contributed by atoms with Gasteiger partial charge in [-0.2, -0.15) is 0 Å². The monoisotopic (exact) mass is 230 g/mol. The van der Waals surface area contributed by atoms with E-state index in [9.17, 15) is 0 Å². The van der Waals surface area contributed by atoms with Crippen molar-refractivity contribution in [1.82, 2.24) is 10.2 Å². The van der Waals surface area contributed by atoms with Crippen LogP contribution in [-0.4, -0.2) is 57.1 Å². The molecule has 16 heavy (non-hydrogen) atoms. The number of methoxy groups -OCH3 is 2. The standard InChI is InChI=1S/C12H26N2O2/c1-5-14(11-6-7-11)9-8-13-10(2)12(15-3)16-4/h10-13H,5-9H2,1-4H3. The van der Waals surface area contributed by atoms with E-state index in [0.717, 1.165) is 25.7 Å². The molecule has 4 heteroatoms. The van der Waals surface area contributed by atoms with Crippen molar-refractivity contribution in [3.8, 4) is 0 Å². The van der Waals surface area contributed by atoms with E-state index >= 15 is 0 Å². The molecule has 0 aliphatic heterocycles. The second-order valence-electron chi connectivity index (χ2n) is 4.44. The molecular formula is C12H26N2O2. The van der Waals surface area contributed by atoms with Crippen molar-refractivity contribution in [1.29, 1.82) is 0 Å². The van der Waals surface area contributed by atoms with Gasteiger partial charge in [-0.15, -0.1) is 0 Å². The summed E-state index contributed by atoms with van der Waals surface area (Å²) in [5, 5.41) is 3.44. The first-order valence-electron chi connectivity index (χ1n) is 6.26. The molecule has 0 radical (unpaired) electrons. The summed E-state index contributed by atoms with van der Waals surface area (Å²) in [6, 6.07) is 1.08. The molecule has 1 aliphatic rings. The van der Waals surface area contributed by atoms with E-state index in [1.165, 1.54) is 12.8 Å². The molecule has 0 bridgehead atoms. The molecule has 0 heterocycles. The lowest BCUT2D eigenvalue weighted by Gasteiger charge is -2.25. The zero-order chi connectivity index (χ0) is 12.0. The number of hydrogen-bond donors (Lipinski definition) is 1. The van der Waals surface area contributed by atoms with E-state index in [-0.39, 0.29) is 12.3 Å². The Morgan fingerprint density at radius 1 is 1.31 bits per heavy atom. The summed E-state index contributed by atoms with van der Waals surface area (Å²) in [7, 11) is 3.35. The van der Waals surface area contributed by atoms with Gasteiger partial charge in [-0.3, -0.25) is 4.90 Å². The maximum atomic E-state index is 5.21. The Labute approximate surface area is 99.3 Å². The molecule has 0 spiro atoms. The Morgan fingerprint density at radius 3 is 2.38 bits per heavy atom. The van der Waals surface area contributed by atoms with Crippen LogP contribution in [0.15, 0.2) is 0 Å². The largest absolute Gasteiger partial charge is 0.354 e. The summed E-state index contributed by atoms with van der Waals surface area (Å²) in [4.78, 5) is 2.54. The Bertz CT molecular complexity index is 182. The van der Waals surface area contributed by atoms with E-state index in [0.29, 0.717) is 0 Å². The molecule has 0 aromatic rings. The molecule has 1 atom stereocenters. The lowest BCUT2D eigenvalue weighted by atomic mass is 10.3. The zero-order valence-corrected chi connectivity index (χ0v) is 11.0. The number of likely N-dealkylation sites (N-methyl/N-ethyl adjacent to an activating group) is 1. The smallest absolute Gasteiger partial charge is 0.171 e. The highest BCUT2D eigenvalue weighted by atomic mass is 16.7. The SMILES string of the molecule is CCN(CCNC(C)C(OC)OC)C1CC1. The van der Waals surface area contributed by atoms with E-state index in [1.807, 2.05) is 0 Å². The summed E-state index contributed by atoms with van der Waals surface area (Å²) in [6.07, 6.45) is 2.60.